The Labute approximate surface area is 716 Å². The monoisotopic (exact) mass is 1740 g/mol. The fourth-order valence-electron chi connectivity index (χ4n) is 16.0. The molecule has 17 rings (SSSR count). The van der Waals surface area contributed by atoms with Crippen LogP contribution in [0.4, 0.5) is 50.4 Å². The van der Waals surface area contributed by atoms with Crippen molar-refractivity contribution in [3.8, 4) is 45.6 Å². The summed E-state index contributed by atoms with van der Waals surface area (Å²) in [6, 6.07) is 8.64. The van der Waals surface area contributed by atoms with Gasteiger partial charge in [0.05, 0.1) is 44.9 Å². The number of likely N-dealkylation sites (N-methyl/N-ethyl adjacent to an activating group) is 3. The number of carbonyl (C=O) groups is 2. The molecule has 3 amide bonds. The molecule has 1 saturated heterocycles. The van der Waals surface area contributed by atoms with E-state index in [4.69, 9.17) is 56.9 Å². The number of anilines is 4. The molecule has 0 radical (unpaired) electrons. The van der Waals surface area contributed by atoms with Crippen molar-refractivity contribution in [3.63, 3.8) is 0 Å². The molecular weight excluding hydrogens is 1640 g/mol. The van der Waals surface area contributed by atoms with Crippen LogP contribution >= 0.6 is 46.4 Å². The number of aromatic amines is 4. The number of halogens is 8. The van der Waals surface area contributed by atoms with E-state index in [1.165, 1.54) is 24.8 Å². The van der Waals surface area contributed by atoms with E-state index in [9.17, 15) is 27.2 Å². The maximum absolute atomic E-state index is 14.6. The van der Waals surface area contributed by atoms with Gasteiger partial charge in [-0.25, -0.2) is 87.0 Å². The van der Waals surface area contributed by atoms with Gasteiger partial charge >= 0.3 is 12.1 Å². The molecule has 13 heterocycles. The summed E-state index contributed by atoms with van der Waals surface area (Å²) >= 11 is 24.3. The Morgan fingerprint density at radius 1 is 0.488 bits per heavy atom. The highest BCUT2D eigenvalue weighted by Crippen LogP contribution is 2.37. The minimum atomic E-state index is -0.519. The van der Waals surface area contributed by atoms with E-state index < -0.39 is 28.9 Å². The van der Waals surface area contributed by atoms with Crippen LogP contribution in [0.1, 0.15) is 124 Å². The van der Waals surface area contributed by atoms with Crippen LogP contribution in [0.15, 0.2) is 98.6 Å². The Balaban J connectivity index is 0.000000133. The third kappa shape index (κ3) is 22.3. The first-order chi connectivity index (χ1) is 58.3. The number of carbonyl (C=O) groups excluding carboxylic acids is 2. The van der Waals surface area contributed by atoms with Crippen molar-refractivity contribution >= 4 is 126 Å². The number of hydrogen-bond donors (Lipinski definition) is 12. The number of urea groups is 1. The summed E-state index contributed by atoms with van der Waals surface area (Å²) in [6.07, 6.45) is 33.1. The molecule has 8 atom stereocenters. The number of nitrogens with one attached hydrogen (secondary N) is 11. The van der Waals surface area contributed by atoms with Gasteiger partial charge < -0.3 is 82.3 Å². The first kappa shape index (κ1) is 86.9. The van der Waals surface area contributed by atoms with Crippen LogP contribution in [0.3, 0.4) is 0 Å². The first-order valence-electron chi connectivity index (χ1n) is 40.8. The molecule has 12 aromatic heterocycles. The minimum absolute atomic E-state index is 0.0359. The Kier molecular flexibility index (Phi) is 28.4. The summed E-state index contributed by atoms with van der Waals surface area (Å²) in [5.41, 5.74) is 11.1. The molecule has 4 saturated carbocycles. The Bertz CT molecular complexity index is 5580. The van der Waals surface area contributed by atoms with Crippen molar-refractivity contribution in [1.82, 2.24) is 110 Å². The lowest BCUT2D eigenvalue weighted by Crippen LogP contribution is -2.44. The van der Waals surface area contributed by atoms with Gasteiger partial charge in [0.25, 0.3) is 0 Å². The summed E-state index contributed by atoms with van der Waals surface area (Å²) < 4.78 is 63.2. The molecule has 0 spiro atoms. The number of fused-ring (bicyclic) bond motifs is 4. The van der Waals surface area contributed by atoms with E-state index in [0.717, 1.165) is 162 Å². The van der Waals surface area contributed by atoms with Crippen molar-refractivity contribution < 1.29 is 31.9 Å². The van der Waals surface area contributed by atoms with Gasteiger partial charge in [0.2, 0.25) is 0 Å². The van der Waals surface area contributed by atoms with E-state index in [0.29, 0.717) is 96.2 Å². The Morgan fingerprint density at radius 2 is 0.835 bits per heavy atom. The average molecular weight is 1740 g/mol. The molecule has 30 nitrogen and oxygen atoms in total. The van der Waals surface area contributed by atoms with Crippen molar-refractivity contribution in [2.24, 2.45) is 5.73 Å². The molecule has 38 heteroatoms. The van der Waals surface area contributed by atoms with Crippen molar-refractivity contribution in [1.29, 1.82) is 0 Å². The summed E-state index contributed by atoms with van der Waals surface area (Å²) in [5.74, 6) is 0.505. The number of nitrogens with two attached hydrogens (primary N) is 1. The maximum atomic E-state index is 14.6. The molecule has 1 aliphatic heterocycles. The summed E-state index contributed by atoms with van der Waals surface area (Å²) in [6.45, 7) is 10.1. The van der Waals surface area contributed by atoms with Gasteiger partial charge in [-0.2, -0.15) is 0 Å². The van der Waals surface area contributed by atoms with Crippen molar-refractivity contribution in [3.05, 3.63) is 142 Å². The zero-order chi connectivity index (χ0) is 85.0. The average Bonchev–Trinajstić information content (AvgIpc) is 1.68. The lowest BCUT2D eigenvalue weighted by molar-refractivity contribution is 0.0298. The summed E-state index contributed by atoms with van der Waals surface area (Å²) in [4.78, 5) is 93.5. The van der Waals surface area contributed by atoms with Crippen LogP contribution < -0.4 is 43.0 Å². The predicted octanol–water partition coefficient (Wildman–Crippen LogP) is 15.7. The highest BCUT2D eigenvalue weighted by Gasteiger charge is 2.36. The largest absolute Gasteiger partial charge is 0.444 e. The zero-order valence-corrected chi connectivity index (χ0v) is 71.0. The smallest absolute Gasteiger partial charge is 0.410 e. The van der Waals surface area contributed by atoms with E-state index in [2.05, 4.69) is 117 Å². The van der Waals surface area contributed by atoms with Gasteiger partial charge in [-0.15, -0.1) is 0 Å². The van der Waals surface area contributed by atoms with Crippen LogP contribution in [0.25, 0.3) is 89.7 Å². The number of nitrogens with zero attached hydrogens (tertiary/aromatic N) is 15. The van der Waals surface area contributed by atoms with Crippen LogP contribution in [0.5, 0.6) is 0 Å². The minimum Gasteiger partial charge on any atom is -0.444 e. The van der Waals surface area contributed by atoms with Crippen LogP contribution in [-0.2, 0) is 4.74 Å². The van der Waals surface area contributed by atoms with E-state index in [-0.39, 0.29) is 77.7 Å². The number of H-pyrrole nitrogens is 4. The van der Waals surface area contributed by atoms with Crippen molar-refractivity contribution in [2.75, 3.05) is 81.7 Å². The second-order valence-corrected chi connectivity index (χ2v) is 34.0. The van der Waals surface area contributed by atoms with Gasteiger partial charge in [-0.3, -0.25) is 0 Å². The van der Waals surface area contributed by atoms with Crippen LogP contribution in [0.2, 0.25) is 20.1 Å². The molecule has 5 fully saturated rings. The van der Waals surface area contributed by atoms with Crippen molar-refractivity contribution in [2.45, 2.75) is 177 Å². The SMILES string of the molecule is CN(CCN[C@@H]1CCCC(Nc2nc(-c3c[nH]c4ncc(Cl)cc34)ncc2F)C1)C(=O)OC(C)(C)C.CN1CCN([C@@H]2CCCC(Nc3nc(-c4c[nH]c5ncc(Cl)cc45)ncc3F)C2)C1=O.CNCCN[C@@H]1CCCC(Nc2nc(-c3c[nH]c4ncc(Cl)cc34)ncc2F)C1.N[C@@H]1CCCC(Nc2nc(-c3c[nH]c4ncc(Cl)cc34)ncc2F)C1. The molecule has 13 N–H and O–H groups in total. The van der Waals surface area contributed by atoms with Gasteiger partial charge in [-0.1, -0.05) is 46.4 Å². The normalized spacial score (nSPS) is 20.0. The summed E-state index contributed by atoms with van der Waals surface area (Å²) in [7, 11) is 5.50. The Hall–Kier alpha value is -10.5. The number of hydrogen-bond acceptors (Lipinski definition) is 23. The topological polar surface area (TPSA) is 381 Å². The number of aromatic nitrogens is 16. The lowest BCUT2D eigenvalue weighted by atomic mass is 9.90. The highest BCUT2D eigenvalue weighted by molar-refractivity contribution is 6.32. The van der Waals surface area contributed by atoms with Gasteiger partial charge in [-0.05, 0) is 155 Å². The fraction of sp³-hybridized carbons (Fsp3) is 0.446. The maximum Gasteiger partial charge on any atom is 0.410 e. The van der Waals surface area contributed by atoms with E-state index in [1.54, 1.807) is 90.7 Å². The number of ether oxygens (including phenoxy) is 1. The third-order valence-electron chi connectivity index (χ3n) is 22.1. The summed E-state index contributed by atoms with van der Waals surface area (Å²) in [5, 5.41) is 28.5. The zero-order valence-electron chi connectivity index (χ0n) is 67.9. The lowest BCUT2D eigenvalue weighted by Gasteiger charge is -2.35. The van der Waals surface area contributed by atoms with E-state index >= 15 is 0 Å². The molecule has 121 heavy (non-hydrogen) atoms. The van der Waals surface area contributed by atoms with Crippen LogP contribution in [-0.4, -0.2) is 221 Å². The van der Waals surface area contributed by atoms with Gasteiger partial charge in [0.15, 0.2) is 69.8 Å². The predicted molar refractivity (Wildman–Crippen MR) is 465 cm³/mol. The second kappa shape index (κ2) is 39.6. The molecule has 4 unspecified atom stereocenters. The Morgan fingerprint density at radius 3 is 1.19 bits per heavy atom. The number of rotatable bonds is 21. The fourth-order valence-corrected chi connectivity index (χ4v) is 16.7. The number of pyridine rings is 4. The third-order valence-corrected chi connectivity index (χ3v) is 22.9. The van der Waals surface area contributed by atoms with E-state index in [1.807, 2.05) is 39.8 Å². The molecule has 640 valence electrons. The quantitative estimate of drug-likeness (QED) is 0.0235. The molecule has 0 bridgehead atoms. The molecular formula is C83H99Cl4F4N27O3. The number of amides is 3. The molecule has 12 aromatic rings. The second-order valence-electron chi connectivity index (χ2n) is 32.2. The van der Waals surface area contributed by atoms with Crippen LogP contribution in [0, 0.1) is 23.3 Å². The van der Waals surface area contributed by atoms with Gasteiger partial charge in [0, 0.05) is 195 Å². The van der Waals surface area contributed by atoms with Gasteiger partial charge in [0.1, 0.15) is 28.2 Å². The molecule has 4 aliphatic carbocycles. The highest BCUT2D eigenvalue weighted by atomic mass is 35.5. The molecule has 5 aliphatic rings. The first-order valence-corrected chi connectivity index (χ1v) is 42.3. The standard InChI is InChI=1S/C25H33ClFN7O2.C21H23ClFN7O.C20H25ClFN7.C17H18ClFN6/c1-25(2,3)36-24(35)34(4)9-8-28-16-6-5-7-17(11-16)32-23-20(27)14-31-22(33-23)19-13-30-21-18(19)10-15(26)12-29-21;1-29-5-6-30(21(29)31)14-4-2-3-13(8-14)27-20-17(23)11-26-19(28-20)16-10-25-18-15(16)7-12(22)9-24-18;1-23-5-6-24-13-3-2-4-14(8-13)28-20-17(22)11-27-19(29-20)16-10-26-18-15(16)7-12(21)9-25-18;18-9-4-12-13(7-22-15(12)21-6-9)16-23-8-14(19)17(25-16)24-11-3-1-2-10(20)5-11/h10,12-14,16-17,28H,5-9,11H2,1-4H3,(H,29,30)(H,31,32,33);7,9-11,13-14H,2-6,8H2,1H3,(H,24,25)(H,26,27,28);7,9-11,13-14,23-24H,2-6,8H2,1H3,(H,25,26)(H,27,28,29);4,6-8,10-11H,1-3,5,20H2,(H,21,22)(H,23,24,25)/t16-,17?;13?,14-;13-,14?;10-,11?/m1111/s1. The molecule has 0 aromatic carbocycles.